The summed E-state index contributed by atoms with van der Waals surface area (Å²) in [6, 6.07) is 2.57. The molecular formula is C23H35N7O3. The molecule has 2 saturated heterocycles. The average Bonchev–Trinajstić information content (AvgIpc) is 3.20. The molecule has 0 unspecified atom stereocenters. The Morgan fingerprint density at radius 1 is 1.27 bits per heavy atom. The number of likely N-dealkylation sites (N-methyl/N-ethyl adjacent to an activating group) is 1. The second kappa shape index (κ2) is 9.69. The van der Waals surface area contributed by atoms with Crippen molar-refractivity contribution in [1.29, 1.82) is 5.26 Å². The molecule has 2 fully saturated rings. The molecule has 180 valence electrons. The van der Waals surface area contributed by atoms with Crippen LogP contribution in [0.2, 0.25) is 0 Å². The SMILES string of the molecule is CN1CCC[C@H]1COc1nc2c(c(N3CCN(C(=O)OC(C)(C)C)C[C@@H]3C#N)n1)CCNC2. The number of anilines is 1. The first-order valence-corrected chi connectivity index (χ1v) is 11.8. The van der Waals surface area contributed by atoms with Crippen molar-refractivity contribution in [3.63, 3.8) is 0 Å². The Balaban J connectivity index is 1.54. The predicted octanol–water partition coefficient (Wildman–Crippen LogP) is 1.54. The summed E-state index contributed by atoms with van der Waals surface area (Å²) in [5, 5.41) is 13.3. The van der Waals surface area contributed by atoms with Gasteiger partial charge < -0.3 is 29.5 Å². The monoisotopic (exact) mass is 457 g/mol. The van der Waals surface area contributed by atoms with Gasteiger partial charge in [0.15, 0.2) is 0 Å². The van der Waals surface area contributed by atoms with E-state index in [0.717, 1.165) is 43.0 Å². The molecule has 0 aromatic carbocycles. The number of nitrogens with zero attached hydrogens (tertiary/aromatic N) is 6. The highest BCUT2D eigenvalue weighted by Crippen LogP contribution is 2.29. The van der Waals surface area contributed by atoms with Crippen LogP contribution in [0.15, 0.2) is 0 Å². The topological polar surface area (TPSA) is 107 Å². The van der Waals surface area contributed by atoms with E-state index in [9.17, 15) is 10.1 Å². The van der Waals surface area contributed by atoms with Crippen molar-refractivity contribution in [1.82, 2.24) is 25.1 Å². The van der Waals surface area contributed by atoms with Crippen LogP contribution in [0, 0.1) is 11.3 Å². The van der Waals surface area contributed by atoms with Gasteiger partial charge in [-0.25, -0.2) is 4.79 Å². The first kappa shape index (κ1) is 23.5. The van der Waals surface area contributed by atoms with Crippen molar-refractivity contribution in [2.75, 3.05) is 51.3 Å². The average molecular weight is 458 g/mol. The van der Waals surface area contributed by atoms with Crippen LogP contribution in [0.3, 0.4) is 0 Å². The van der Waals surface area contributed by atoms with Gasteiger partial charge in [0.05, 0.1) is 18.3 Å². The third-order valence-electron chi connectivity index (χ3n) is 6.42. The molecule has 0 bridgehead atoms. The van der Waals surface area contributed by atoms with Crippen molar-refractivity contribution in [2.45, 2.75) is 64.3 Å². The minimum Gasteiger partial charge on any atom is -0.462 e. The standard InChI is InChI=1S/C23H35N7O3/c1-23(2,3)33-22(31)29-10-11-30(17(12-24)14-29)20-18-7-8-25-13-19(18)26-21(27-20)32-15-16-6-5-9-28(16)4/h16-17,25H,5-11,13-15H2,1-4H3/t16-,17-/m0/s1. The number of likely N-dealkylation sites (tertiary alicyclic amines) is 1. The van der Waals surface area contributed by atoms with Gasteiger partial charge in [-0.05, 0) is 60.2 Å². The van der Waals surface area contributed by atoms with E-state index >= 15 is 0 Å². The molecule has 1 N–H and O–H groups in total. The highest BCUT2D eigenvalue weighted by Gasteiger charge is 2.35. The van der Waals surface area contributed by atoms with Crippen LogP contribution in [-0.2, 0) is 17.7 Å². The summed E-state index contributed by atoms with van der Waals surface area (Å²) in [5.41, 5.74) is 1.41. The Labute approximate surface area is 195 Å². The van der Waals surface area contributed by atoms with Gasteiger partial charge in [-0.2, -0.15) is 15.2 Å². The number of ether oxygens (including phenoxy) is 2. The first-order valence-electron chi connectivity index (χ1n) is 11.8. The van der Waals surface area contributed by atoms with Crippen LogP contribution in [0.25, 0.3) is 0 Å². The zero-order valence-corrected chi connectivity index (χ0v) is 20.1. The minimum absolute atomic E-state index is 0.269. The normalized spacial score (nSPS) is 23.7. The number of fused-ring (bicyclic) bond motifs is 1. The summed E-state index contributed by atoms with van der Waals surface area (Å²) in [6.45, 7) is 9.89. The van der Waals surface area contributed by atoms with Crippen molar-refractivity contribution in [2.24, 2.45) is 0 Å². The third kappa shape index (κ3) is 5.47. The maximum Gasteiger partial charge on any atom is 0.410 e. The molecule has 0 spiro atoms. The minimum atomic E-state index is -0.575. The van der Waals surface area contributed by atoms with Crippen LogP contribution in [0.4, 0.5) is 10.6 Å². The Morgan fingerprint density at radius 3 is 2.79 bits per heavy atom. The molecule has 10 nitrogen and oxygen atoms in total. The summed E-state index contributed by atoms with van der Waals surface area (Å²) in [6.07, 6.45) is 2.69. The van der Waals surface area contributed by atoms with Gasteiger partial charge >= 0.3 is 12.1 Å². The summed E-state index contributed by atoms with van der Waals surface area (Å²) < 4.78 is 11.6. The fourth-order valence-electron chi connectivity index (χ4n) is 4.62. The number of nitriles is 1. The van der Waals surface area contributed by atoms with Gasteiger partial charge in [-0.3, -0.25) is 0 Å². The number of amides is 1. The van der Waals surface area contributed by atoms with Gasteiger partial charge in [0.25, 0.3) is 0 Å². The van der Waals surface area contributed by atoms with E-state index in [4.69, 9.17) is 14.5 Å². The second-order valence-corrected chi connectivity index (χ2v) is 10.0. The Kier molecular flexibility index (Phi) is 6.91. The highest BCUT2D eigenvalue weighted by atomic mass is 16.6. The molecule has 4 rings (SSSR count). The third-order valence-corrected chi connectivity index (χ3v) is 6.42. The number of nitrogens with one attached hydrogen (secondary N) is 1. The molecule has 3 aliphatic rings. The Hall–Kier alpha value is -2.64. The first-order chi connectivity index (χ1) is 15.7. The lowest BCUT2D eigenvalue weighted by Crippen LogP contribution is -2.55. The Bertz CT molecular complexity index is 911. The van der Waals surface area contributed by atoms with Crippen molar-refractivity contribution < 1.29 is 14.3 Å². The quantitative estimate of drug-likeness (QED) is 0.720. The summed E-state index contributed by atoms with van der Waals surface area (Å²) in [5.74, 6) is 0.756. The van der Waals surface area contributed by atoms with E-state index < -0.39 is 11.6 Å². The van der Waals surface area contributed by atoms with Crippen molar-refractivity contribution >= 4 is 11.9 Å². The zero-order valence-electron chi connectivity index (χ0n) is 20.1. The summed E-state index contributed by atoms with van der Waals surface area (Å²) in [7, 11) is 2.12. The highest BCUT2D eigenvalue weighted by molar-refractivity contribution is 5.69. The van der Waals surface area contributed by atoms with E-state index in [1.807, 2.05) is 25.7 Å². The summed E-state index contributed by atoms with van der Waals surface area (Å²) in [4.78, 5) is 27.9. The zero-order chi connectivity index (χ0) is 23.6. The molecule has 10 heteroatoms. The molecule has 0 saturated carbocycles. The summed E-state index contributed by atoms with van der Waals surface area (Å²) >= 11 is 0. The smallest absolute Gasteiger partial charge is 0.410 e. The molecule has 0 aliphatic carbocycles. The van der Waals surface area contributed by atoms with E-state index in [0.29, 0.717) is 38.3 Å². The fourth-order valence-corrected chi connectivity index (χ4v) is 4.62. The number of piperazine rings is 1. The fraction of sp³-hybridized carbons (Fsp3) is 0.739. The number of hydrogen-bond donors (Lipinski definition) is 1. The number of aromatic nitrogens is 2. The molecule has 2 atom stereocenters. The van der Waals surface area contributed by atoms with Crippen LogP contribution in [0.1, 0.15) is 44.9 Å². The molecule has 1 aromatic rings. The van der Waals surface area contributed by atoms with Gasteiger partial charge in [-0.15, -0.1) is 0 Å². The van der Waals surface area contributed by atoms with Gasteiger partial charge in [0, 0.05) is 31.2 Å². The van der Waals surface area contributed by atoms with E-state index in [2.05, 4.69) is 28.3 Å². The molecule has 3 aliphatic heterocycles. The number of hydrogen-bond acceptors (Lipinski definition) is 9. The second-order valence-electron chi connectivity index (χ2n) is 10.0. The number of carbonyl (C=O) groups is 1. The molecule has 1 aromatic heterocycles. The predicted molar refractivity (Wildman–Crippen MR) is 123 cm³/mol. The maximum absolute atomic E-state index is 12.6. The van der Waals surface area contributed by atoms with Gasteiger partial charge in [-0.1, -0.05) is 0 Å². The van der Waals surface area contributed by atoms with Crippen molar-refractivity contribution in [3.05, 3.63) is 11.3 Å². The van der Waals surface area contributed by atoms with Crippen LogP contribution in [-0.4, -0.2) is 89.9 Å². The van der Waals surface area contributed by atoms with Gasteiger partial charge in [0.2, 0.25) is 0 Å². The van der Waals surface area contributed by atoms with Gasteiger partial charge in [0.1, 0.15) is 24.1 Å². The lowest BCUT2D eigenvalue weighted by Gasteiger charge is -2.40. The molecule has 0 radical (unpaired) electrons. The largest absolute Gasteiger partial charge is 0.462 e. The van der Waals surface area contributed by atoms with Crippen molar-refractivity contribution in [3.8, 4) is 12.1 Å². The molecule has 33 heavy (non-hydrogen) atoms. The van der Waals surface area contributed by atoms with E-state index in [-0.39, 0.29) is 12.6 Å². The van der Waals surface area contributed by atoms with E-state index in [1.54, 1.807) is 4.90 Å². The molecule has 1 amide bonds. The van der Waals surface area contributed by atoms with Crippen LogP contribution < -0.4 is 15.0 Å². The van der Waals surface area contributed by atoms with E-state index in [1.165, 1.54) is 6.42 Å². The molecular weight excluding hydrogens is 422 g/mol. The van der Waals surface area contributed by atoms with Crippen LogP contribution in [0.5, 0.6) is 6.01 Å². The van der Waals surface area contributed by atoms with Crippen LogP contribution >= 0.6 is 0 Å². The lowest BCUT2D eigenvalue weighted by atomic mass is 10.0. The number of carbonyl (C=O) groups excluding carboxylic acids is 1. The Morgan fingerprint density at radius 2 is 2.09 bits per heavy atom. The maximum atomic E-state index is 12.6. The number of rotatable bonds is 4. The lowest BCUT2D eigenvalue weighted by molar-refractivity contribution is 0.0226. The molecule has 4 heterocycles.